The summed E-state index contributed by atoms with van der Waals surface area (Å²) in [5.74, 6) is -0.565. The average Bonchev–Trinajstić information content (AvgIpc) is 2.40. The zero-order valence-electron chi connectivity index (χ0n) is 12.3. The molecule has 1 aromatic heterocycles. The predicted molar refractivity (Wildman–Crippen MR) is 77.6 cm³/mol. The largest absolute Gasteiger partial charge is 0.481 e. The van der Waals surface area contributed by atoms with Crippen molar-refractivity contribution in [3.63, 3.8) is 0 Å². The maximum absolute atomic E-state index is 13.3. The summed E-state index contributed by atoms with van der Waals surface area (Å²) in [5, 5.41) is 8.77. The molecule has 0 radical (unpaired) electrons. The number of aryl methyl sites for hydroxylation is 3. The van der Waals surface area contributed by atoms with Crippen LogP contribution in [0.25, 0.3) is 11.4 Å². The molecule has 2 aromatic rings. The Hall–Kier alpha value is -2.30. The summed E-state index contributed by atoms with van der Waals surface area (Å²) in [4.78, 5) is 19.5. The van der Waals surface area contributed by atoms with Gasteiger partial charge in [0.05, 0.1) is 0 Å². The van der Waals surface area contributed by atoms with Crippen LogP contribution in [0.4, 0.5) is 4.39 Å². The third-order valence-electron chi connectivity index (χ3n) is 3.43. The molecule has 0 aliphatic rings. The Bertz CT molecular complexity index is 676. The molecule has 0 aliphatic heterocycles. The van der Waals surface area contributed by atoms with Crippen molar-refractivity contribution in [3.05, 3.63) is 46.5 Å². The zero-order valence-corrected chi connectivity index (χ0v) is 12.3. The number of benzene rings is 1. The fraction of sp³-hybridized carbons (Fsp3) is 0.312. The van der Waals surface area contributed by atoms with Crippen molar-refractivity contribution in [2.24, 2.45) is 0 Å². The van der Waals surface area contributed by atoms with Gasteiger partial charge in [0.15, 0.2) is 5.82 Å². The van der Waals surface area contributed by atoms with Gasteiger partial charge in [-0.3, -0.25) is 4.79 Å². The van der Waals surface area contributed by atoms with Crippen molar-refractivity contribution >= 4 is 5.97 Å². The van der Waals surface area contributed by atoms with Crippen molar-refractivity contribution in [2.75, 3.05) is 0 Å². The number of hydrogen-bond donors (Lipinski definition) is 1. The van der Waals surface area contributed by atoms with E-state index in [9.17, 15) is 9.18 Å². The number of carbonyl (C=O) groups is 1. The highest BCUT2D eigenvalue weighted by atomic mass is 19.1. The van der Waals surface area contributed by atoms with Crippen molar-refractivity contribution in [3.8, 4) is 11.4 Å². The third kappa shape index (κ3) is 3.42. The van der Waals surface area contributed by atoms with Crippen molar-refractivity contribution < 1.29 is 14.3 Å². The molecule has 4 nitrogen and oxygen atoms in total. The van der Waals surface area contributed by atoms with Gasteiger partial charge in [0.2, 0.25) is 0 Å². The Balaban J connectivity index is 2.38. The molecule has 0 atom stereocenters. The van der Waals surface area contributed by atoms with Crippen LogP contribution in [0.15, 0.2) is 18.2 Å². The van der Waals surface area contributed by atoms with E-state index in [4.69, 9.17) is 5.11 Å². The number of nitrogens with zero attached hydrogens (tertiary/aromatic N) is 2. The van der Waals surface area contributed by atoms with Crippen LogP contribution in [0.3, 0.4) is 0 Å². The van der Waals surface area contributed by atoms with E-state index in [-0.39, 0.29) is 12.2 Å². The highest BCUT2D eigenvalue weighted by Gasteiger charge is 2.12. The minimum Gasteiger partial charge on any atom is -0.481 e. The van der Waals surface area contributed by atoms with Crippen LogP contribution in [0.1, 0.15) is 28.9 Å². The maximum Gasteiger partial charge on any atom is 0.303 e. The number of aromatic nitrogens is 2. The smallest absolute Gasteiger partial charge is 0.303 e. The minimum atomic E-state index is -0.841. The van der Waals surface area contributed by atoms with Crippen LogP contribution in [0.5, 0.6) is 0 Å². The number of carboxylic acids is 1. The Morgan fingerprint density at radius 1 is 1.19 bits per heavy atom. The van der Waals surface area contributed by atoms with E-state index >= 15 is 0 Å². The van der Waals surface area contributed by atoms with E-state index in [2.05, 4.69) is 9.97 Å². The number of halogens is 1. The van der Waals surface area contributed by atoms with Gasteiger partial charge in [0, 0.05) is 23.4 Å². The Labute approximate surface area is 122 Å². The lowest BCUT2D eigenvalue weighted by atomic mass is 10.1. The van der Waals surface area contributed by atoms with E-state index < -0.39 is 5.97 Å². The lowest BCUT2D eigenvalue weighted by Crippen LogP contribution is -2.06. The Kier molecular flexibility index (Phi) is 4.31. The molecule has 0 fully saturated rings. The molecule has 0 spiro atoms. The van der Waals surface area contributed by atoms with Gasteiger partial charge >= 0.3 is 5.97 Å². The number of carboxylic acid groups (broad SMARTS) is 1. The minimum absolute atomic E-state index is 0.0556. The van der Waals surface area contributed by atoms with Gasteiger partial charge in [0.25, 0.3) is 0 Å². The number of rotatable bonds is 4. The standard InChI is InChI=1S/C16H17FN2O2/c1-9-8-12(4-6-14(9)17)16-18-10(2)13(11(3)19-16)5-7-15(20)21/h4,6,8H,5,7H2,1-3H3,(H,20,21). The molecule has 0 unspecified atom stereocenters. The molecular weight excluding hydrogens is 271 g/mol. The van der Waals surface area contributed by atoms with Crippen molar-refractivity contribution in [1.82, 2.24) is 9.97 Å². The van der Waals surface area contributed by atoms with E-state index in [1.807, 2.05) is 13.8 Å². The van der Waals surface area contributed by atoms with E-state index in [1.165, 1.54) is 6.07 Å². The monoisotopic (exact) mass is 288 g/mol. The molecule has 5 heteroatoms. The first-order valence-electron chi connectivity index (χ1n) is 6.71. The predicted octanol–water partition coefficient (Wildman–Crippen LogP) is 3.23. The molecule has 0 saturated heterocycles. The van der Waals surface area contributed by atoms with Crippen molar-refractivity contribution in [2.45, 2.75) is 33.6 Å². The molecule has 110 valence electrons. The summed E-state index contributed by atoms with van der Waals surface area (Å²) >= 11 is 0. The average molecular weight is 288 g/mol. The Morgan fingerprint density at radius 2 is 1.81 bits per heavy atom. The van der Waals surface area contributed by atoms with E-state index in [0.717, 1.165) is 22.5 Å². The molecule has 2 rings (SSSR count). The highest BCUT2D eigenvalue weighted by Crippen LogP contribution is 2.21. The van der Waals surface area contributed by atoms with Gasteiger partial charge < -0.3 is 5.11 Å². The molecule has 0 amide bonds. The van der Waals surface area contributed by atoms with Crippen LogP contribution in [0.2, 0.25) is 0 Å². The number of aliphatic carboxylic acids is 1. The second-order valence-corrected chi connectivity index (χ2v) is 5.05. The molecule has 1 N–H and O–H groups in total. The molecule has 0 bridgehead atoms. The lowest BCUT2D eigenvalue weighted by Gasteiger charge is -2.10. The molecule has 1 aromatic carbocycles. The summed E-state index contributed by atoms with van der Waals surface area (Å²) < 4.78 is 13.3. The second kappa shape index (κ2) is 5.99. The first-order chi connectivity index (χ1) is 9.88. The van der Waals surface area contributed by atoms with Gasteiger partial charge in [-0.2, -0.15) is 0 Å². The van der Waals surface area contributed by atoms with Crippen LogP contribution < -0.4 is 0 Å². The van der Waals surface area contributed by atoms with Crippen LogP contribution in [-0.2, 0) is 11.2 Å². The van der Waals surface area contributed by atoms with Gasteiger partial charge in [-0.15, -0.1) is 0 Å². The normalized spacial score (nSPS) is 10.7. The summed E-state index contributed by atoms with van der Waals surface area (Å²) in [6.45, 7) is 5.37. The zero-order chi connectivity index (χ0) is 15.6. The van der Waals surface area contributed by atoms with Gasteiger partial charge in [-0.1, -0.05) is 0 Å². The third-order valence-corrected chi connectivity index (χ3v) is 3.43. The second-order valence-electron chi connectivity index (χ2n) is 5.05. The molecule has 0 aliphatic carbocycles. The Morgan fingerprint density at radius 3 is 2.33 bits per heavy atom. The first-order valence-corrected chi connectivity index (χ1v) is 6.71. The molecule has 0 saturated carbocycles. The summed E-state index contributed by atoms with van der Waals surface area (Å²) in [6, 6.07) is 4.75. The molecule has 21 heavy (non-hydrogen) atoms. The first kappa shape index (κ1) is 15.1. The lowest BCUT2D eigenvalue weighted by molar-refractivity contribution is -0.136. The van der Waals surface area contributed by atoms with Crippen LogP contribution in [-0.4, -0.2) is 21.0 Å². The SMILES string of the molecule is Cc1cc(-c2nc(C)c(CCC(=O)O)c(C)n2)ccc1F. The molecular formula is C16H17FN2O2. The summed E-state index contributed by atoms with van der Waals surface area (Å²) in [6.07, 6.45) is 0.468. The quantitative estimate of drug-likeness (QED) is 0.938. The molecule has 1 heterocycles. The van der Waals surface area contributed by atoms with Gasteiger partial charge in [-0.25, -0.2) is 14.4 Å². The van der Waals surface area contributed by atoms with Crippen LogP contribution >= 0.6 is 0 Å². The van der Waals surface area contributed by atoms with E-state index in [1.54, 1.807) is 19.1 Å². The summed E-state index contributed by atoms with van der Waals surface area (Å²) in [5.41, 5.74) is 3.69. The van der Waals surface area contributed by atoms with Gasteiger partial charge in [-0.05, 0) is 56.5 Å². The topological polar surface area (TPSA) is 63.1 Å². The van der Waals surface area contributed by atoms with Crippen LogP contribution in [0, 0.1) is 26.6 Å². The van der Waals surface area contributed by atoms with E-state index in [0.29, 0.717) is 17.8 Å². The summed E-state index contributed by atoms with van der Waals surface area (Å²) in [7, 11) is 0. The number of hydrogen-bond acceptors (Lipinski definition) is 3. The van der Waals surface area contributed by atoms with Gasteiger partial charge in [0.1, 0.15) is 5.82 Å². The maximum atomic E-state index is 13.3. The fourth-order valence-corrected chi connectivity index (χ4v) is 2.25. The van der Waals surface area contributed by atoms with Crippen molar-refractivity contribution in [1.29, 1.82) is 0 Å². The fourth-order valence-electron chi connectivity index (χ4n) is 2.25. The highest BCUT2D eigenvalue weighted by molar-refractivity contribution is 5.67.